The summed E-state index contributed by atoms with van der Waals surface area (Å²) in [4.78, 5) is 15.7. The zero-order chi connectivity index (χ0) is 17.8. The number of benzene rings is 2. The molecule has 0 radical (unpaired) electrons. The molecule has 3 rings (SSSR count). The Balaban J connectivity index is 1.59. The number of quaternary nitrogens is 1. The molecular weight excluding hydrogens is 316 g/mol. The number of nitrogens with one attached hydrogen (secondary N) is 1. The Kier molecular flexibility index (Phi) is 5.24. The first-order chi connectivity index (χ1) is 12.0. The number of hydrogen-bond acceptors (Lipinski definition) is 3. The van der Waals surface area contributed by atoms with E-state index >= 15 is 0 Å². The van der Waals surface area contributed by atoms with Crippen LogP contribution in [0.15, 0.2) is 48.5 Å². The Labute approximate surface area is 148 Å². The van der Waals surface area contributed by atoms with E-state index in [1.54, 1.807) is 4.90 Å². The van der Waals surface area contributed by atoms with Crippen LogP contribution in [0.25, 0.3) is 0 Å². The first kappa shape index (κ1) is 17.3. The van der Waals surface area contributed by atoms with E-state index in [1.807, 2.05) is 69.6 Å². The lowest BCUT2D eigenvalue weighted by molar-refractivity contribution is -0.908. The van der Waals surface area contributed by atoms with E-state index < -0.39 is 0 Å². The molecule has 2 aromatic carbocycles. The first-order valence-corrected chi connectivity index (χ1v) is 8.54. The van der Waals surface area contributed by atoms with Gasteiger partial charge in [0.15, 0.2) is 17.5 Å². The molecule has 1 unspecified atom stereocenters. The highest BCUT2D eigenvalue weighted by molar-refractivity contribution is 5.79. The molecule has 1 heterocycles. The quantitative estimate of drug-likeness (QED) is 0.865. The van der Waals surface area contributed by atoms with E-state index in [4.69, 9.17) is 9.47 Å². The summed E-state index contributed by atoms with van der Waals surface area (Å²) in [5.74, 6) is 1.71. The fraction of sp³-hybridized carbons (Fsp3) is 0.350. The first-order valence-electron chi connectivity index (χ1n) is 8.54. The molecule has 25 heavy (non-hydrogen) atoms. The number of rotatable bonds is 6. The van der Waals surface area contributed by atoms with Crippen molar-refractivity contribution >= 4 is 5.91 Å². The van der Waals surface area contributed by atoms with Gasteiger partial charge in [-0.1, -0.05) is 30.3 Å². The number of likely N-dealkylation sites (N-methyl/N-ethyl adjacent to an activating group) is 2. The van der Waals surface area contributed by atoms with Crippen LogP contribution < -0.4 is 14.4 Å². The van der Waals surface area contributed by atoms with Crippen molar-refractivity contribution in [3.8, 4) is 11.5 Å². The molecule has 0 saturated carbocycles. The van der Waals surface area contributed by atoms with Crippen molar-refractivity contribution in [1.29, 1.82) is 0 Å². The second-order valence-corrected chi connectivity index (χ2v) is 6.61. The summed E-state index contributed by atoms with van der Waals surface area (Å²) in [6.07, 6.45) is 0. The van der Waals surface area contributed by atoms with Gasteiger partial charge < -0.3 is 19.3 Å². The van der Waals surface area contributed by atoms with E-state index in [9.17, 15) is 4.79 Å². The van der Waals surface area contributed by atoms with E-state index in [0.717, 1.165) is 34.1 Å². The predicted molar refractivity (Wildman–Crippen MR) is 95.5 cm³/mol. The van der Waals surface area contributed by atoms with Crippen molar-refractivity contribution in [2.75, 3.05) is 20.9 Å². The highest BCUT2D eigenvalue weighted by Crippen LogP contribution is 2.32. The molecule has 132 valence electrons. The molecule has 2 aromatic rings. The second kappa shape index (κ2) is 7.57. The molecule has 0 aliphatic carbocycles. The smallest absolute Gasteiger partial charge is 0.280 e. The second-order valence-electron chi connectivity index (χ2n) is 6.61. The average molecular weight is 341 g/mol. The standard InChI is InChI=1S/C20H24N2O3/c1-15(20(23)22(3)12-16-7-5-4-6-8-16)21(2)13-17-9-10-18-19(11-17)25-14-24-18/h4-11,15H,12-14H2,1-3H3/p+1/t15-/m0/s1. The summed E-state index contributed by atoms with van der Waals surface area (Å²) in [6.45, 7) is 3.64. The Hall–Kier alpha value is -2.53. The van der Waals surface area contributed by atoms with Gasteiger partial charge in [0.2, 0.25) is 6.79 Å². The summed E-state index contributed by atoms with van der Waals surface area (Å²) < 4.78 is 10.8. The van der Waals surface area contributed by atoms with Crippen molar-refractivity contribution in [3.05, 3.63) is 59.7 Å². The number of fused-ring (bicyclic) bond motifs is 1. The van der Waals surface area contributed by atoms with Gasteiger partial charge in [-0.05, 0) is 30.7 Å². The van der Waals surface area contributed by atoms with Crippen LogP contribution in [0, 0.1) is 0 Å². The molecule has 0 fully saturated rings. The molecule has 0 aromatic heterocycles. The topological polar surface area (TPSA) is 43.2 Å². The van der Waals surface area contributed by atoms with Crippen molar-refractivity contribution in [2.45, 2.75) is 26.1 Å². The number of carbonyl (C=O) groups excluding carboxylic acids is 1. The Morgan fingerprint density at radius 2 is 1.84 bits per heavy atom. The minimum absolute atomic E-state index is 0.126. The molecule has 1 aliphatic heterocycles. The highest BCUT2D eigenvalue weighted by Gasteiger charge is 2.25. The lowest BCUT2D eigenvalue weighted by Gasteiger charge is -2.26. The summed E-state index contributed by atoms with van der Waals surface area (Å²) >= 11 is 0. The maximum absolute atomic E-state index is 12.7. The normalized spacial score (nSPS) is 14.8. The van der Waals surface area contributed by atoms with Gasteiger partial charge in [0.25, 0.3) is 5.91 Å². The van der Waals surface area contributed by atoms with Gasteiger partial charge in [0, 0.05) is 19.2 Å². The number of hydrogen-bond donors (Lipinski definition) is 1. The minimum Gasteiger partial charge on any atom is -0.454 e. The molecular formula is C20H25N2O3+. The number of amides is 1. The maximum atomic E-state index is 12.7. The maximum Gasteiger partial charge on any atom is 0.280 e. The SMILES string of the molecule is C[C@@H](C(=O)N(C)Cc1ccccc1)[NH+](C)Cc1ccc2c(c1)OCO2. The van der Waals surface area contributed by atoms with Crippen molar-refractivity contribution in [2.24, 2.45) is 0 Å². The predicted octanol–water partition coefficient (Wildman–Crippen LogP) is 1.48. The minimum atomic E-state index is -0.126. The summed E-state index contributed by atoms with van der Waals surface area (Å²) in [5.41, 5.74) is 2.27. The molecule has 1 N–H and O–H groups in total. The summed E-state index contributed by atoms with van der Waals surface area (Å²) in [5, 5.41) is 0. The molecule has 5 heteroatoms. The van der Waals surface area contributed by atoms with Crippen molar-refractivity contribution in [1.82, 2.24) is 4.90 Å². The van der Waals surface area contributed by atoms with Crippen LogP contribution in [0.5, 0.6) is 11.5 Å². The van der Waals surface area contributed by atoms with Crippen LogP contribution in [0.1, 0.15) is 18.1 Å². The molecule has 5 nitrogen and oxygen atoms in total. The van der Waals surface area contributed by atoms with Gasteiger partial charge in [0.1, 0.15) is 6.54 Å². The third-order valence-corrected chi connectivity index (χ3v) is 4.67. The van der Waals surface area contributed by atoms with Crippen molar-refractivity contribution < 1.29 is 19.2 Å². The average Bonchev–Trinajstić information content (AvgIpc) is 3.09. The van der Waals surface area contributed by atoms with Crippen LogP contribution in [-0.2, 0) is 17.9 Å². The van der Waals surface area contributed by atoms with Crippen LogP contribution in [-0.4, -0.2) is 37.7 Å². The zero-order valence-corrected chi connectivity index (χ0v) is 15.0. The molecule has 0 saturated heterocycles. The number of nitrogens with zero attached hydrogens (tertiary/aromatic N) is 1. The third kappa shape index (κ3) is 4.12. The lowest BCUT2D eigenvalue weighted by Crippen LogP contribution is -3.12. The van der Waals surface area contributed by atoms with Gasteiger partial charge in [-0.2, -0.15) is 0 Å². The number of carbonyl (C=O) groups is 1. The Bertz CT molecular complexity index is 733. The van der Waals surface area contributed by atoms with E-state index in [2.05, 4.69) is 0 Å². The lowest BCUT2D eigenvalue weighted by atomic mass is 10.1. The summed E-state index contributed by atoms with van der Waals surface area (Å²) in [7, 11) is 3.91. The summed E-state index contributed by atoms with van der Waals surface area (Å²) in [6, 6.07) is 15.9. The van der Waals surface area contributed by atoms with Crippen LogP contribution in [0.2, 0.25) is 0 Å². The highest BCUT2D eigenvalue weighted by atomic mass is 16.7. The Morgan fingerprint density at radius 3 is 2.60 bits per heavy atom. The van der Waals surface area contributed by atoms with Crippen LogP contribution >= 0.6 is 0 Å². The van der Waals surface area contributed by atoms with Crippen LogP contribution in [0.3, 0.4) is 0 Å². The fourth-order valence-corrected chi connectivity index (χ4v) is 3.00. The molecule has 2 atom stereocenters. The van der Waals surface area contributed by atoms with Gasteiger partial charge in [-0.3, -0.25) is 4.79 Å². The van der Waals surface area contributed by atoms with Gasteiger partial charge in [-0.25, -0.2) is 0 Å². The molecule has 0 spiro atoms. The Morgan fingerprint density at radius 1 is 1.12 bits per heavy atom. The zero-order valence-electron chi connectivity index (χ0n) is 15.0. The van der Waals surface area contributed by atoms with E-state index in [-0.39, 0.29) is 18.7 Å². The third-order valence-electron chi connectivity index (χ3n) is 4.67. The van der Waals surface area contributed by atoms with Gasteiger partial charge >= 0.3 is 0 Å². The van der Waals surface area contributed by atoms with Crippen molar-refractivity contribution in [3.63, 3.8) is 0 Å². The largest absolute Gasteiger partial charge is 0.454 e. The monoisotopic (exact) mass is 341 g/mol. The van der Waals surface area contributed by atoms with Crippen LogP contribution in [0.4, 0.5) is 0 Å². The molecule has 1 aliphatic rings. The van der Waals surface area contributed by atoms with E-state index in [1.165, 1.54) is 0 Å². The van der Waals surface area contributed by atoms with Gasteiger partial charge in [-0.15, -0.1) is 0 Å². The molecule has 0 bridgehead atoms. The fourth-order valence-electron chi connectivity index (χ4n) is 3.00. The van der Waals surface area contributed by atoms with E-state index in [0.29, 0.717) is 6.54 Å². The molecule has 1 amide bonds. The number of ether oxygens (including phenoxy) is 2. The van der Waals surface area contributed by atoms with Gasteiger partial charge in [0.05, 0.1) is 7.05 Å².